The van der Waals surface area contributed by atoms with Crippen molar-refractivity contribution in [1.29, 1.82) is 0 Å². The lowest BCUT2D eigenvalue weighted by Gasteiger charge is -2.32. The summed E-state index contributed by atoms with van der Waals surface area (Å²) in [4.78, 5) is 4.26. The number of aromatic nitrogens is 3. The minimum atomic E-state index is -0.382. The van der Waals surface area contributed by atoms with Crippen LogP contribution in [-0.2, 0) is 9.31 Å². The second-order valence-electron chi connectivity index (χ2n) is 6.05. The molecule has 0 saturated carbocycles. The first-order valence-electron chi connectivity index (χ1n) is 6.60. The number of rotatable bonds is 2. The lowest BCUT2D eigenvalue weighted by Crippen LogP contribution is -2.41. The summed E-state index contributed by atoms with van der Waals surface area (Å²) >= 11 is 1.55. The van der Waals surface area contributed by atoms with Crippen molar-refractivity contribution in [2.45, 2.75) is 45.8 Å². The Morgan fingerprint density at radius 2 is 1.85 bits per heavy atom. The fourth-order valence-electron chi connectivity index (χ4n) is 2.11. The molecule has 2 aromatic heterocycles. The van der Waals surface area contributed by atoms with E-state index in [1.807, 2.05) is 46.2 Å². The molecule has 20 heavy (non-hydrogen) atoms. The van der Waals surface area contributed by atoms with Gasteiger partial charge in [0.2, 0.25) is 0 Å². The summed E-state index contributed by atoms with van der Waals surface area (Å²) in [5.74, 6) is 0.820. The van der Waals surface area contributed by atoms with Crippen molar-refractivity contribution in [3.8, 4) is 5.82 Å². The largest absolute Gasteiger partial charge is 0.498 e. The molecule has 1 aliphatic rings. The third-order valence-electron chi connectivity index (χ3n) is 4.10. The number of aryl methyl sites for hydroxylation is 1. The summed E-state index contributed by atoms with van der Waals surface area (Å²) in [5.41, 5.74) is 2.97. The summed E-state index contributed by atoms with van der Waals surface area (Å²) in [7, 11) is -0.382. The molecule has 0 atom stereocenters. The molecule has 0 spiro atoms. The van der Waals surface area contributed by atoms with Crippen LogP contribution in [0.15, 0.2) is 17.1 Å². The Bertz CT molecular complexity index is 606. The Morgan fingerprint density at radius 1 is 1.20 bits per heavy atom. The summed E-state index contributed by atoms with van der Waals surface area (Å²) in [6.07, 6.45) is 1.94. The molecule has 1 saturated heterocycles. The topological polar surface area (TPSA) is 49.2 Å². The van der Waals surface area contributed by atoms with Gasteiger partial charge in [0.1, 0.15) is 0 Å². The SMILES string of the molecule is Cc1nn(-c2cscn2)cc1B1OC(C)(C)C(C)(C)O1. The van der Waals surface area contributed by atoms with Gasteiger partial charge in [0.25, 0.3) is 0 Å². The Kier molecular flexibility index (Phi) is 3.04. The predicted octanol–water partition coefficient (Wildman–Crippen LogP) is 1.94. The van der Waals surface area contributed by atoms with Crippen molar-refractivity contribution in [1.82, 2.24) is 14.8 Å². The molecule has 0 bridgehead atoms. The van der Waals surface area contributed by atoms with E-state index in [2.05, 4.69) is 10.1 Å². The number of hydrogen-bond acceptors (Lipinski definition) is 5. The quantitative estimate of drug-likeness (QED) is 0.793. The first-order chi connectivity index (χ1) is 9.30. The second-order valence-corrected chi connectivity index (χ2v) is 6.77. The fraction of sp³-hybridized carbons (Fsp3) is 0.538. The Hall–Kier alpha value is -1.18. The second kappa shape index (κ2) is 4.41. The molecule has 3 heterocycles. The van der Waals surface area contributed by atoms with Crippen molar-refractivity contribution in [3.63, 3.8) is 0 Å². The maximum absolute atomic E-state index is 6.07. The molecule has 0 unspecified atom stereocenters. The van der Waals surface area contributed by atoms with Gasteiger partial charge in [-0.15, -0.1) is 11.3 Å². The standard InChI is InChI=1S/C13H18BN3O2S/c1-9-10(6-17(16-9)11-7-20-8-15-11)14-18-12(2,3)13(4,5)19-14/h6-8H,1-5H3. The highest BCUT2D eigenvalue weighted by molar-refractivity contribution is 7.07. The number of thiazole rings is 1. The van der Waals surface area contributed by atoms with Crippen LogP contribution >= 0.6 is 11.3 Å². The third-order valence-corrected chi connectivity index (χ3v) is 4.67. The first-order valence-corrected chi connectivity index (χ1v) is 7.55. The van der Waals surface area contributed by atoms with E-state index in [1.165, 1.54) is 0 Å². The van der Waals surface area contributed by atoms with Crippen molar-refractivity contribution in [2.75, 3.05) is 0 Å². The highest BCUT2D eigenvalue weighted by Gasteiger charge is 2.52. The number of nitrogens with zero attached hydrogens (tertiary/aromatic N) is 3. The van der Waals surface area contributed by atoms with Gasteiger partial charge < -0.3 is 9.31 Å². The summed E-state index contributed by atoms with van der Waals surface area (Å²) in [6, 6.07) is 0. The van der Waals surface area contributed by atoms with Crippen molar-refractivity contribution in [3.05, 3.63) is 22.8 Å². The summed E-state index contributed by atoms with van der Waals surface area (Å²) in [5, 5.41) is 6.45. The van der Waals surface area contributed by atoms with E-state index in [-0.39, 0.29) is 18.3 Å². The van der Waals surface area contributed by atoms with Crippen molar-refractivity contribution in [2.24, 2.45) is 0 Å². The van der Waals surface area contributed by atoms with Crippen LogP contribution in [-0.4, -0.2) is 33.1 Å². The predicted molar refractivity (Wildman–Crippen MR) is 79.7 cm³/mol. The molecular weight excluding hydrogens is 273 g/mol. The van der Waals surface area contributed by atoms with Crippen LogP contribution in [0.2, 0.25) is 0 Å². The normalized spacial score (nSPS) is 20.6. The summed E-state index contributed by atoms with van der Waals surface area (Å²) in [6.45, 7) is 10.2. The van der Waals surface area contributed by atoms with Gasteiger partial charge >= 0.3 is 7.12 Å². The minimum absolute atomic E-state index is 0.340. The molecule has 2 aromatic rings. The Morgan fingerprint density at radius 3 is 2.40 bits per heavy atom. The fourth-order valence-corrected chi connectivity index (χ4v) is 2.63. The van der Waals surface area contributed by atoms with Gasteiger partial charge in [-0.2, -0.15) is 5.10 Å². The van der Waals surface area contributed by atoms with E-state index >= 15 is 0 Å². The van der Waals surface area contributed by atoms with E-state index in [1.54, 1.807) is 21.5 Å². The monoisotopic (exact) mass is 291 g/mol. The van der Waals surface area contributed by atoms with Crippen LogP contribution < -0.4 is 5.46 Å². The van der Waals surface area contributed by atoms with E-state index in [4.69, 9.17) is 9.31 Å². The molecule has 1 fully saturated rings. The van der Waals surface area contributed by atoms with Gasteiger partial charge in [-0.1, -0.05) is 0 Å². The molecule has 106 valence electrons. The number of hydrogen-bond donors (Lipinski definition) is 0. The van der Waals surface area contributed by atoms with Crippen LogP contribution in [0.4, 0.5) is 0 Å². The molecule has 0 amide bonds. The van der Waals surface area contributed by atoms with E-state index in [0.717, 1.165) is 17.0 Å². The van der Waals surface area contributed by atoms with Crippen LogP contribution in [0.5, 0.6) is 0 Å². The molecule has 5 nitrogen and oxygen atoms in total. The highest BCUT2D eigenvalue weighted by atomic mass is 32.1. The van der Waals surface area contributed by atoms with E-state index in [9.17, 15) is 0 Å². The van der Waals surface area contributed by atoms with Gasteiger partial charge in [0.15, 0.2) is 5.82 Å². The van der Waals surface area contributed by atoms with Gasteiger partial charge in [-0.05, 0) is 34.6 Å². The van der Waals surface area contributed by atoms with Crippen LogP contribution in [0.3, 0.4) is 0 Å². The lowest BCUT2D eigenvalue weighted by atomic mass is 9.79. The third kappa shape index (κ3) is 2.10. The van der Waals surface area contributed by atoms with E-state index in [0.29, 0.717) is 0 Å². The van der Waals surface area contributed by atoms with Crippen molar-refractivity contribution >= 4 is 23.9 Å². The minimum Gasteiger partial charge on any atom is -0.399 e. The molecule has 7 heteroatoms. The highest BCUT2D eigenvalue weighted by Crippen LogP contribution is 2.36. The van der Waals surface area contributed by atoms with Gasteiger partial charge in [0.05, 0.1) is 22.4 Å². The molecule has 0 aromatic carbocycles. The van der Waals surface area contributed by atoms with Crippen LogP contribution in [0.1, 0.15) is 33.4 Å². The molecular formula is C13H18BN3O2S. The van der Waals surface area contributed by atoms with Crippen LogP contribution in [0.25, 0.3) is 5.82 Å². The van der Waals surface area contributed by atoms with Gasteiger partial charge in [0, 0.05) is 17.0 Å². The van der Waals surface area contributed by atoms with Crippen LogP contribution in [0, 0.1) is 6.92 Å². The zero-order valence-corrected chi connectivity index (χ0v) is 13.2. The van der Waals surface area contributed by atoms with Crippen molar-refractivity contribution < 1.29 is 9.31 Å². The molecule has 0 radical (unpaired) electrons. The average Bonchev–Trinajstić information content (AvgIpc) is 2.98. The van der Waals surface area contributed by atoms with Gasteiger partial charge in [-0.3, -0.25) is 0 Å². The molecule has 3 rings (SSSR count). The van der Waals surface area contributed by atoms with E-state index < -0.39 is 0 Å². The van der Waals surface area contributed by atoms with Gasteiger partial charge in [-0.25, -0.2) is 9.67 Å². The molecule has 0 N–H and O–H groups in total. The first kappa shape index (κ1) is 13.8. The Labute approximate surface area is 123 Å². The average molecular weight is 291 g/mol. The zero-order valence-electron chi connectivity index (χ0n) is 12.4. The maximum atomic E-state index is 6.07. The smallest absolute Gasteiger partial charge is 0.399 e. The lowest BCUT2D eigenvalue weighted by molar-refractivity contribution is 0.00578. The maximum Gasteiger partial charge on any atom is 0.498 e. The molecule has 1 aliphatic heterocycles. The zero-order chi connectivity index (χ0) is 14.5. The summed E-state index contributed by atoms with van der Waals surface area (Å²) < 4.78 is 13.9. The Balaban J connectivity index is 1.93. The molecule has 0 aliphatic carbocycles.